The Bertz CT molecular complexity index is 963. The number of rotatable bonds is 4. The number of fused-ring (bicyclic) bond motifs is 1. The zero-order chi connectivity index (χ0) is 19.1. The third-order valence-electron chi connectivity index (χ3n) is 5.86. The van der Waals surface area contributed by atoms with E-state index in [0.29, 0.717) is 0 Å². The molecule has 1 aliphatic heterocycles. The van der Waals surface area contributed by atoms with Gasteiger partial charge in [-0.05, 0) is 49.9 Å². The highest BCUT2D eigenvalue weighted by Gasteiger charge is 2.24. The fourth-order valence-corrected chi connectivity index (χ4v) is 4.28. The first-order valence-electron chi connectivity index (χ1n) is 10.0. The molecule has 0 unspecified atom stereocenters. The van der Waals surface area contributed by atoms with Crippen molar-refractivity contribution in [3.05, 3.63) is 47.0 Å². The number of hydrogen-bond acceptors (Lipinski definition) is 6. The first-order valence-corrected chi connectivity index (χ1v) is 10.0. The number of nitrogens with zero attached hydrogens (tertiary/aromatic N) is 8. The second kappa shape index (κ2) is 7.01. The standard InChI is InChI=1S/C20H26N8/c1-15-8-9-28(23-15)20-7-6-19(21-22-20)27-12-10-26(11-13-27)14-18-16-4-3-5-17(16)24-25(18)2/h6-9H,3-5,10-14H2,1-2H3. The van der Waals surface area contributed by atoms with Crippen molar-refractivity contribution in [3.8, 4) is 5.82 Å². The van der Waals surface area contributed by atoms with E-state index < -0.39 is 0 Å². The zero-order valence-electron chi connectivity index (χ0n) is 16.5. The molecule has 0 spiro atoms. The Labute approximate surface area is 164 Å². The van der Waals surface area contributed by atoms with Crippen LogP contribution in [0.4, 0.5) is 5.82 Å². The Hall–Kier alpha value is -2.74. The van der Waals surface area contributed by atoms with Crippen molar-refractivity contribution < 1.29 is 0 Å². The van der Waals surface area contributed by atoms with Gasteiger partial charge in [-0.3, -0.25) is 9.58 Å². The van der Waals surface area contributed by atoms with E-state index in [2.05, 4.69) is 36.8 Å². The topological polar surface area (TPSA) is 67.9 Å². The van der Waals surface area contributed by atoms with Crippen LogP contribution in [0, 0.1) is 6.92 Å². The van der Waals surface area contributed by atoms with Gasteiger partial charge < -0.3 is 4.90 Å². The van der Waals surface area contributed by atoms with Crippen LogP contribution in [0.25, 0.3) is 5.82 Å². The maximum atomic E-state index is 4.71. The van der Waals surface area contributed by atoms with E-state index in [1.807, 2.05) is 31.3 Å². The van der Waals surface area contributed by atoms with Gasteiger partial charge in [0.25, 0.3) is 0 Å². The first kappa shape index (κ1) is 17.4. The highest BCUT2D eigenvalue weighted by molar-refractivity contribution is 5.40. The van der Waals surface area contributed by atoms with Gasteiger partial charge in [0.1, 0.15) is 0 Å². The maximum absolute atomic E-state index is 4.71. The minimum Gasteiger partial charge on any atom is -0.353 e. The molecule has 0 atom stereocenters. The van der Waals surface area contributed by atoms with Crippen molar-refractivity contribution in [1.29, 1.82) is 0 Å². The second-order valence-electron chi connectivity index (χ2n) is 7.76. The molecule has 28 heavy (non-hydrogen) atoms. The van der Waals surface area contributed by atoms with Crippen molar-refractivity contribution >= 4 is 5.82 Å². The predicted molar refractivity (Wildman–Crippen MR) is 107 cm³/mol. The van der Waals surface area contributed by atoms with Gasteiger partial charge in [-0.15, -0.1) is 10.2 Å². The van der Waals surface area contributed by atoms with E-state index in [1.54, 1.807) is 4.68 Å². The highest BCUT2D eigenvalue weighted by Crippen LogP contribution is 2.25. The molecule has 8 nitrogen and oxygen atoms in total. The Kier molecular flexibility index (Phi) is 4.35. The summed E-state index contributed by atoms with van der Waals surface area (Å²) in [6.07, 6.45) is 5.50. The Morgan fingerprint density at radius 3 is 2.43 bits per heavy atom. The molecule has 1 saturated heterocycles. The minimum atomic E-state index is 0.751. The molecule has 1 aliphatic carbocycles. The Balaban J connectivity index is 1.21. The summed E-state index contributed by atoms with van der Waals surface area (Å²) in [6.45, 7) is 6.96. The number of aromatic nitrogens is 6. The van der Waals surface area contributed by atoms with Crippen LogP contribution in [0.5, 0.6) is 0 Å². The van der Waals surface area contributed by atoms with E-state index >= 15 is 0 Å². The van der Waals surface area contributed by atoms with Crippen LogP contribution < -0.4 is 4.90 Å². The second-order valence-corrected chi connectivity index (χ2v) is 7.76. The van der Waals surface area contributed by atoms with Crippen LogP contribution >= 0.6 is 0 Å². The lowest BCUT2D eigenvalue weighted by atomic mass is 10.2. The van der Waals surface area contributed by atoms with Gasteiger partial charge >= 0.3 is 0 Å². The van der Waals surface area contributed by atoms with Crippen molar-refractivity contribution in [1.82, 2.24) is 34.7 Å². The molecular formula is C20H26N8. The molecule has 1 fully saturated rings. The molecule has 3 aromatic heterocycles. The van der Waals surface area contributed by atoms with Crippen LogP contribution in [0.1, 0.15) is 29.1 Å². The molecule has 146 valence electrons. The van der Waals surface area contributed by atoms with Crippen LogP contribution in [0.15, 0.2) is 24.4 Å². The molecule has 0 N–H and O–H groups in total. The Morgan fingerprint density at radius 1 is 0.929 bits per heavy atom. The summed E-state index contributed by atoms with van der Waals surface area (Å²) in [6, 6.07) is 6.00. The lowest BCUT2D eigenvalue weighted by molar-refractivity contribution is 0.242. The van der Waals surface area contributed by atoms with E-state index in [0.717, 1.165) is 56.5 Å². The summed E-state index contributed by atoms with van der Waals surface area (Å²) in [4.78, 5) is 4.84. The molecule has 3 aromatic rings. The van der Waals surface area contributed by atoms with Gasteiger partial charge in [-0.25, -0.2) is 4.68 Å². The van der Waals surface area contributed by atoms with E-state index in [9.17, 15) is 0 Å². The molecule has 0 saturated carbocycles. The molecule has 0 aromatic carbocycles. The summed E-state index contributed by atoms with van der Waals surface area (Å²) < 4.78 is 3.85. The van der Waals surface area contributed by atoms with Crippen LogP contribution in [-0.2, 0) is 26.4 Å². The van der Waals surface area contributed by atoms with Crippen molar-refractivity contribution in [3.63, 3.8) is 0 Å². The molecular weight excluding hydrogens is 352 g/mol. The van der Waals surface area contributed by atoms with Crippen LogP contribution in [0.3, 0.4) is 0 Å². The first-order chi connectivity index (χ1) is 13.7. The molecule has 0 radical (unpaired) electrons. The van der Waals surface area contributed by atoms with Gasteiger partial charge in [-0.1, -0.05) is 0 Å². The number of piperazine rings is 1. The van der Waals surface area contributed by atoms with Gasteiger partial charge in [0, 0.05) is 46.0 Å². The third-order valence-corrected chi connectivity index (χ3v) is 5.86. The predicted octanol–water partition coefficient (Wildman–Crippen LogP) is 1.52. The van der Waals surface area contributed by atoms with Crippen molar-refractivity contribution in [2.24, 2.45) is 7.05 Å². The van der Waals surface area contributed by atoms with Crippen molar-refractivity contribution in [2.45, 2.75) is 32.7 Å². The smallest absolute Gasteiger partial charge is 0.175 e. The molecule has 0 bridgehead atoms. The van der Waals surface area contributed by atoms with Gasteiger partial charge in [0.15, 0.2) is 11.6 Å². The number of aryl methyl sites for hydroxylation is 3. The van der Waals surface area contributed by atoms with E-state index in [1.165, 1.54) is 29.8 Å². The average Bonchev–Trinajstić information content (AvgIpc) is 3.41. The summed E-state index contributed by atoms with van der Waals surface area (Å²) in [5.74, 6) is 1.69. The fourth-order valence-electron chi connectivity index (χ4n) is 4.28. The van der Waals surface area contributed by atoms with E-state index in [-0.39, 0.29) is 0 Å². The summed E-state index contributed by atoms with van der Waals surface area (Å²) in [5.41, 5.74) is 5.19. The molecule has 2 aliphatic rings. The fraction of sp³-hybridized carbons (Fsp3) is 0.500. The van der Waals surface area contributed by atoms with Crippen molar-refractivity contribution in [2.75, 3.05) is 31.1 Å². The molecule has 0 amide bonds. The maximum Gasteiger partial charge on any atom is 0.175 e. The molecule has 8 heteroatoms. The summed E-state index contributed by atoms with van der Waals surface area (Å²) in [5, 5.41) is 17.9. The molecule has 4 heterocycles. The van der Waals surface area contributed by atoms with Crippen LogP contribution in [0.2, 0.25) is 0 Å². The number of anilines is 1. The normalized spacial score (nSPS) is 17.3. The monoisotopic (exact) mass is 378 g/mol. The summed E-state index contributed by atoms with van der Waals surface area (Å²) >= 11 is 0. The third kappa shape index (κ3) is 3.17. The van der Waals surface area contributed by atoms with Gasteiger partial charge in [-0.2, -0.15) is 10.2 Å². The molecule has 5 rings (SSSR count). The van der Waals surface area contributed by atoms with Gasteiger partial charge in [0.2, 0.25) is 0 Å². The van der Waals surface area contributed by atoms with E-state index in [4.69, 9.17) is 5.10 Å². The lowest BCUT2D eigenvalue weighted by Gasteiger charge is -2.35. The minimum absolute atomic E-state index is 0.751. The van der Waals surface area contributed by atoms with Gasteiger partial charge in [0.05, 0.1) is 17.1 Å². The summed E-state index contributed by atoms with van der Waals surface area (Å²) in [7, 11) is 2.09. The highest BCUT2D eigenvalue weighted by atomic mass is 15.4. The Morgan fingerprint density at radius 2 is 1.71 bits per heavy atom. The quantitative estimate of drug-likeness (QED) is 0.686. The average molecular weight is 378 g/mol. The van der Waals surface area contributed by atoms with Crippen LogP contribution in [-0.4, -0.2) is 60.8 Å². The SMILES string of the molecule is Cc1ccn(-c2ccc(N3CCN(Cc4c5c(nn4C)CCC5)CC3)nn2)n1. The number of hydrogen-bond donors (Lipinski definition) is 0. The zero-order valence-corrected chi connectivity index (χ0v) is 16.5. The largest absolute Gasteiger partial charge is 0.353 e. The lowest BCUT2D eigenvalue weighted by Crippen LogP contribution is -2.46.